The largest absolute Gasteiger partial charge is 0.492 e. The molecule has 0 amide bonds. The minimum atomic E-state index is -3.21. The predicted molar refractivity (Wildman–Crippen MR) is 129 cm³/mol. The first-order valence-corrected chi connectivity index (χ1v) is 11.4. The van der Waals surface area contributed by atoms with Gasteiger partial charge in [-0.2, -0.15) is 0 Å². The maximum Gasteiger partial charge on any atom is 0.191 e. The molecule has 0 radical (unpaired) electrons. The number of sulfone groups is 1. The Kier molecular flexibility index (Phi) is 11.1. The quantitative estimate of drug-likeness (QED) is 0.217. The Hall–Kier alpha value is -1.88. The van der Waals surface area contributed by atoms with Crippen molar-refractivity contribution in [3.8, 4) is 5.75 Å². The molecule has 0 bridgehead atoms. The van der Waals surface area contributed by atoms with E-state index < -0.39 is 9.84 Å². The lowest BCUT2D eigenvalue weighted by molar-refractivity contribution is 0.321. The van der Waals surface area contributed by atoms with Crippen LogP contribution in [0, 0.1) is 12.7 Å². The lowest BCUT2D eigenvalue weighted by Crippen LogP contribution is -2.39. The number of benzene rings is 2. The second-order valence-corrected chi connectivity index (χ2v) is 8.62. The Morgan fingerprint density at radius 2 is 1.83 bits per heavy atom. The third-order valence-electron chi connectivity index (χ3n) is 4.22. The van der Waals surface area contributed by atoms with Crippen molar-refractivity contribution >= 4 is 39.8 Å². The van der Waals surface area contributed by atoms with Gasteiger partial charge in [-0.25, -0.2) is 12.8 Å². The number of rotatable bonds is 9. The summed E-state index contributed by atoms with van der Waals surface area (Å²) in [5.74, 6) is 1.06. The molecule has 0 atom stereocenters. The molecule has 0 saturated heterocycles. The minimum Gasteiger partial charge on any atom is -0.492 e. The van der Waals surface area contributed by atoms with Gasteiger partial charge in [0, 0.05) is 19.3 Å². The summed E-state index contributed by atoms with van der Waals surface area (Å²) >= 11 is 0. The van der Waals surface area contributed by atoms with Crippen LogP contribution < -0.4 is 15.4 Å². The van der Waals surface area contributed by atoms with Crippen molar-refractivity contribution < 1.29 is 17.5 Å². The third-order valence-corrected chi connectivity index (χ3v) is 5.34. The highest BCUT2D eigenvalue weighted by atomic mass is 127. The number of nitrogens with one attached hydrogen (secondary N) is 2. The molecule has 0 fully saturated rings. The SMILES string of the molecule is CCNC(=NCCc1ccc(F)cc1C)NCCOc1ccc(S(C)(=O)=O)cc1.I. The van der Waals surface area contributed by atoms with Gasteiger partial charge in [0.05, 0.1) is 11.4 Å². The van der Waals surface area contributed by atoms with Gasteiger partial charge in [0.15, 0.2) is 15.8 Å². The second-order valence-electron chi connectivity index (χ2n) is 6.60. The molecular formula is C21H29FIN3O3S. The molecular weight excluding hydrogens is 520 g/mol. The van der Waals surface area contributed by atoms with Crippen LogP contribution in [0.1, 0.15) is 18.1 Å². The number of halogens is 2. The fourth-order valence-electron chi connectivity index (χ4n) is 2.69. The molecule has 2 rings (SSSR count). The highest BCUT2D eigenvalue weighted by Gasteiger charge is 2.06. The van der Waals surface area contributed by atoms with Crippen LogP contribution in [0.3, 0.4) is 0 Å². The van der Waals surface area contributed by atoms with Crippen LogP contribution in [0.25, 0.3) is 0 Å². The maximum atomic E-state index is 13.2. The van der Waals surface area contributed by atoms with E-state index in [4.69, 9.17) is 4.74 Å². The maximum absolute atomic E-state index is 13.2. The van der Waals surface area contributed by atoms with E-state index in [1.54, 1.807) is 18.2 Å². The van der Waals surface area contributed by atoms with E-state index in [2.05, 4.69) is 15.6 Å². The van der Waals surface area contributed by atoms with Crippen LogP contribution in [-0.2, 0) is 16.3 Å². The van der Waals surface area contributed by atoms with E-state index in [1.807, 2.05) is 13.8 Å². The second kappa shape index (κ2) is 12.7. The minimum absolute atomic E-state index is 0. The number of guanidine groups is 1. The standard InChI is InChI=1S/C21H28FN3O3S.HI/c1-4-23-21(24-12-11-17-5-6-18(22)15-16(17)2)25-13-14-28-19-7-9-20(10-8-19)29(3,26)27;/h5-10,15H,4,11-14H2,1-3H3,(H2,23,24,25);1H. The van der Waals surface area contributed by atoms with Gasteiger partial charge in [-0.1, -0.05) is 6.07 Å². The highest BCUT2D eigenvalue weighted by Crippen LogP contribution is 2.15. The van der Waals surface area contributed by atoms with E-state index >= 15 is 0 Å². The number of aryl methyl sites for hydroxylation is 1. The summed E-state index contributed by atoms with van der Waals surface area (Å²) < 4.78 is 41.7. The zero-order chi connectivity index (χ0) is 21.3. The van der Waals surface area contributed by atoms with Crippen molar-refractivity contribution in [1.82, 2.24) is 10.6 Å². The van der Waals surface area contributed by atoms with Crippen LogP contribution in [0.15, 0.2) is 52.4 Å². The van der Waals surface area contributed by atoms with Gasteiger partial charge in [-0.15, -0.1) is 24.0 Å². The van der Waals surface area contributed by atoms with Crippen LogP contribution >= 0.6 is 24.0 Å². The fourth-order valence-corrected chi connectivity index (χ4v) is 3.32. The van der Waals surface area contributed by atoms with Gasteiger partial charge in [0.25, 0.3) is 0 Å². The molecule has 166 valence electrons. The zero-order valence-electron chi connectivity index (χ0n) is 17.4. The van der Waals surface area contributed by atoms with E-state index in [0.717, 1.165) is 24.1 Å². The number of ether oxygens (including phenoxy) is 1. The first-order valence-electron chi connectivity index (χ1n) is 9.49. The molecule has 2 N–H and O–H groups in total. The van der Waals surface area contributed by atoms with Crippen molar-refractivity contribution in [3.05, 3.63) is 59.4 Å². The Labute approximate surface area is 195 Å². The van der Waals surface area contributed by atoms with Gasteiger partial charge < -0.3 is 15.4 Å². The third kappa shape index (κ3) is 8.86. The summed E-state index contributed by atoms with van der Waals surface area (Å²) in [7, 11) is -3.21. The summed E-state index contributed by atoms with van der Waals surface area (Å²) in [6.45, 7) is 6.13. The molecule has 0 spiro atoms. The van der Waals surface area contributed by atoms with E-state index in [1.165, 1.54) is 30.5 Å². The topological polar surface area (TPSA) is 79.8 Å². The number of aliphatic imine (C=N–C) groups is 1. The summed E-state index contributed by atoms with van der Waals surface area (Å²) in [6.07, 6.45) is 1.90. The average molecular weight is 549 g/mol. The molecule has 2 aromatic rings. The number of nitrogens with zero attached hydrogens (tertiary/aromatic N) is 1. The lowest BCUT2D eigenvalue weighted by Gasteiger charge is -2.12. The number of hydrogen-bond donors (Lipinski definition) is 2. The number of hydrogen-bond acceptors (Lipinski definition) is 4. The first kappa shape index (κ1) is 26.2. The van der Waals surface area contributed by atoms with Crippen molar-refractivity contribution in [2.24, 2.45) is 4.99 Å². The molecule has 0 heterocycles. The van der Waals surface area contributed by atoms with E-state index in [0.29, 0.717) is 31.4 Å². The Morgan fingerprint density at radius 1 is 1.13 bits per heavy atom. The van der Waals surface area contributed by atoms with Crippen molar-refractivity contribution in [2.45, 2.75) is 25.2 Å². The summed E-state index contributed by atoms with van der Waals surface area (Å²) in [5, 5.41) is 6.37. The molecule has 9 heteroatoms. The molecule has 6 nitrogen and oxygen atoms in total. The first-order chi connectivity index (χ1) is 13.8. The van der Waals surface area contributed by atoms with E-state index in [-0.39, 0.29) is 34.7 Å². The van der Waals surface area contributed by atoms with Crippen LogP contribution in [0.5, 0.6) is 5.75 Å². The lowest BCUT2D eigenvalue weighted by atomic mass is 10.1. The smallest absolute Gasteiger partial charge is 0.191 e. The van der Waals surface area contributed by atoms with Crippen LogP contribution in [0.2, 0.25) is 0 Å². The monoisotopic (exact) mass is 549 g/mol. The molecule has 0 aromatic heterocycles. The van der Waals surface area contributed by atoms with Gasteiger partial charge in [0.1, 0.15) is 18.2 Å². The van der Waals surface area contributed by atoms with Crippen LogP contribution in [-0.4, -0.2) is 46.9 Å². The summed E-state index contributed by atoms with van der Waals surface area (Å²) in [4.78, 5) is 4.80. The molecule has 2 aromatic carbocycles. The van der Waals surface area contributed by atoms with Gasteiger partial charge >= 0.3 is 0 Å². The van der Waals surface area contributed by atoms with Crippen molar-refractivity contribution in [3.63, 3.8) is 0 Å². The Bertz CT molecular complexity index is 935. The van der Waals surface area contributed by atoms with Crippen molar-refractivity contribution in [1.29, 1.82) is 0 Å². The predicted octanol–water partition coefficient (Wildman–Crippen LogP) is 3.33. The Balaban J connectivity index is 0.00000450. The normalized spacial score (nSPS) is 11.5. The molecule has 0 aliphatic carbocycles. The van der Waals surface area contributed by atoms with Gasteiger partial charge in [-0.05, 0) is 67.8 Å². The molecule has 0 aliphatic rings. The van der Waals surface area contributed by atoms with Gasteiger partial charge in [0.2, 0.25) is 0 Å². The molecule has 30 heavy (non-hydrogen) atoms. The fraction of sp³-hybridized carbons (Fsp3) is 0.381. The zero-order valence-corrected chi connectivity index (χ0v) is 20.6. The summed E-state index contributed by atoms with van der Waals surface area (Å²) in [6, 6.07) is 11.1. The molecule has 0 unspecified atom stereocenters. The molecule has 0 saturated carbocycles. The highest BCUT2D eigenvalue weighted by molar-refractivity contribution is 14.0. The van der Waals surface area contributed by atoms with Gasteiger partial charge in [-0.3, -0.25) is 4.99 Å². The van der Waals surface area contributed by atoms with Crippen LogP contribution in [0.4, 0.5) is 4.39 Å². The average Bonchev–Trinajstić information content (AvgIpc) is 2.66. The van der Waals surface area contributed by atoms with Crippen molar-refractivity contribution in [2.75, 3.05) is 32.5 Å². The molecule has 0 aliphatic heterocycles. The summed E-state index contributed by atoms with van der Waals surface area (Å²) in [5.41, 5.74) is 2.00. The van der Waals surface area contributed by atoms with E-state index in [9.17, 15) is 12.8 Å². The Morgan fingerprint density at radius 3 is 2.43 bits per heavy atom.